The Balaban J connectivity index is 1.86. The van der Waals surface area contributed by atoms with Crippen LogP contribution >= 0.6 is 11.3 Å². The van der Waals surface area contributed by atoms with Crippen LogP contribution in [-0.4, -0.2) is 17.4 Å². The summed E-state index contributed by atoms with van der Waals surface area (Å²) in [5.74, 6) is 0.554. The smallest absolute Gasteiger partial charge is 0.234 e. The lowest BCUT2D eigenvalue weighted by atomic mass is 10.3. The molecule has 14 heavy (non-hydrogen) atoms. The highest BCUT2D eigenvalue weighted by Gasteiger charge is 2.25. The summed E-state index contributed by atoms with van der Waals surface area (Å²) < 4.78 is 0. The molecule has 1 aromatic heterocycles. The Morgan fingerprint density at radius 3 is 3.14 bits per heavy atom. The number of carbonyl (C=O) groups excluding carboxylic acids is 1. The topological polar surface area (TPSA) is 68.0 Å². The summed E-state index contributed by atoms with van der Waals surface area (Å²) in [6.45, 7) is 0.550. The second kappa shape index (κ2) is 4.06. The summed E-state index contributed by atoms with van der Waals surface area (Å²) in [5.41, 5.74) is 6.36. The third-order valence-electron chi connectivity index (χ3n) is 2.19. The van der Waals surface area contributed by atoms with Gasteiger partial charge in [-0.3, -0.25) is 4.79 Å². The minimum atomic E-state index is -0.131. The van der Waals surface area contributed by atoms with Crippen LogP contribution in [0.15, 0.2) is 5.38 Å². The van der Waals surface area contributed by atoms with Gasteiger partial charge in [0.25, 0.3) is 0 Å². The molecular formula is C9H13N3OS. The summed E-state index contributed by atoms with van der Waals surface area (Å²) in [6, 6.07) is 0. The molecule has 1 heterocycles. The molecule has 1 saturated carbocycles. The fraction of sp³-hybridized carbons (Fsp3) is 0.556. The average molecular weight is 211 g/mol. The predicted molar refractivity (Wildman–Crippen MR) is 55.0 cm³/mol. The highest BCUT2D eigenvalue weighted by molar-refractivity contribution is 7.09. The third-order valence-corrected chi connectivity index (χ3v) is 3.05. The van der Waals surface area contributed by atoms with E-state index >= 15 is 0 Å². The molecule has 5 heteroatoms. The summed E-state index contributed by atoms with van der Waals surface area (Å²) >= 11 is 1.60. The minimum Gasteiger partial charge on any atom is -0.348 e. The van der Waals surface area contributed by atoms with Gasteiger partial charge in [-0.25, -0.2) is 4.98 Å². The highest BCUT2D eigenvalue weighted by atomic mass is 32.1. The Labute approximate surface area is 86.5 Å². The number of nitrogens with two attached hydrogens (primary N) is 1. The van der Waals surface area contributed by atoms with Crippen molar-refractivity contribution in [3.05, 3.63) is 16.1 Å². The molecule has 0 atom stereocenters. The van der Waals surface area contributed by atoms with Gasteiger partial charge in [0.15, 0.2) is 0 Å². The van der Waals surface area contributed by atoms with E-state index in [-0.39, 0.29) is 12.5 Å². The van der Waals surface area contributed by atoms with Crippen molar-refractivity contribution < 1.29 is 4.79 Å². The van der Waals surface area contributed by atoms with Crippen LogP contribution in [0.1, 0.15) is 29.5 Å². The Morgan fingerprint density at radius 1 is 1.71 bits per heavy atom. The second-order valence-electron chi connectivity index (χ2n) is 3.42. The molecular weight excluding hydrogens is 198 g/mol. The second-order valence-corrected chi connectivity index (χ2v) is 4.36. The van der Waals surface area contributed by atoms with Gasteiger partial charge in [-0.05, 0) is 12.8 Å². The molecule has 1 aliphatic carbocycles. The van der Waals surface area contributed by atoms with Crippen molar-refractivity contribution in [3.63, 3.8) is 0 Å². The third kappa shape index (κ3) is 2.30. The molecule has 4 nitrogen and oxygen atoms in total. The number of nitrogens with zero attached hydrogens (tertiary/aromatic N) is 1. The predicted octanol–water partition coefficient (Wildman–Crippen LogP) is 0.595. The zero-order valence-corrected chi connectivity index (χ0v) is 8.64. The number of rotatable bonds is 4. The van der Waals surface area contributed by atoms with Crippen molar-refractivity contribution in [2.75, 3.05) is 6.54 Å². The van der Waals surface area contributed by atoms with Crippen molar-refractivity contribution in [2.24, 2.45) is 5.73 Å². The maximum Gasteiger partial charge on any atom is 0.234 e. The van der Waals surface area contributed by atoms with Gasteiger partial charge in [0.05, 0.1) is 18.8 Å². The summed E-state index contributed by atoms with van der Waals surface area (Å²) in [7, 11) is 0. The van der Waals surface area contributed by atoms with Crippen LogP contribution in [0.25, 0.3) is 0 Å². The van der Waals surface area contributed by atoms with Gasteiger partial charge < -0.3 is 11.1 Å². The molecule has 1 amide bonds. The van der Waals surface area contributed by atoms with Crippen LogP contribution in [0.5, 0.6) is 0 Å². The van der Waals surface area contributed by atoms with Crippen molar-refractivity contribution in [2.45, 2.75) is 25.3 Å². The normalized spacial score (nSPS) is 15.5. The lowest BCUT2D eigenvalue weighted by Gasteiger charge is -1.98. The lowest BCUT2D eigenvalue weighted by molar-refractivity contribution is -0.119. The molecule has 1 aliphatic rings. The van der Waals surface area contributed by atoms with Gasteiger partial charge in [0, 0.05) is 11.3 Å². The van der Waals surface area contributed by atoms with E-state index in [0.717, 1.165) is 5.01 Å². The maximum atomic E-state index is 10.9. The number of aromatic nitrogens is 1. The number of hydrogen-bond donors (Lipinski definition) is 2. The first-order chi connectivity index (χ1) is 6.79. The fourth-order valence-corrected chi connectivity index (χ4v) is 2.03. The van der Waals surface area contributed by atoms with Gasteiger partial charge in [0.2, 0.25) is 5.91 Å². The van der Waals surface area contributed by atoms with E-state index in [0.29, 0.717) is 12.5 Å². The van der Waals surface area contributed by atoms with Crippen molar-refractivity contribution in [1.82, 2.24) is 10.3 Å². The van der Waals surface area contributed by atoms with Gasteiger partial charge in [-0.15, -0.1) is 11.3 Å². The molecule has 0 bridgehead atoms. The first-order valence-corrected chi connectivity index (χ1v) is 5.58. The van der Waals surface area contributed by atoms with Crippen molar-refractivity contribution in [1.29, 1.82) is 0 Å². The maximum absolute atomic E-state index is 10.9. The van der Waals surface area contributed by atoms with E-state index in [1.807, 2.05) is 0 Å². The van der Waals surface area contributed by atoms with Crippen LogP contribution in [0, 0.1) is 0 Å². The van der Waals surface area contributed by atoms with Crippen molar-refractivity contribution in [3.8, 4) is 0 Å². The number of nitrogens with one attached hydrogen (secondary N) is 1. The first kappa shape index (κ1) is 9.61. The molecule has 1 fully saturated rings. The van der Waals surface area contributed by atoms with Gasteiger partial charge in [-0.1, -0.05) is 0 Å². The van der Waals surface area contributed by atoms with E-state index in [2.05, 4.69) is 15.7 Å². The minimum absolute atomic E-state index is 0.0425. The number of carbonyl (C=O) groups is 1. The fourth-order valence-electron chi connectivity index (χ4n) is 1.22. The standard InChI is InChI=1S/C9H13N3OS/c10-3-8(13)11-4-9-12-7(5-14-9)6-1-2-6/h5-6H,1-4,10H2,(H,11,13). The molecule has 1 aromatic rings. The Morgan fingerprint density at radius 2 is 2.50 bits per heavy atom. The van der Waals surface area contributed by atoms with Gasteiger partial charge >= 0.3 is 0 Å². The number of amides is 1. The van der Waals surface area contributed by atoms with E-state index < -0.39 is 0 Å². The van der Waals surface area contributed by atoms with Gasteiger partial charge in [0.1, 0.15) is 5.01 Å². The van der Waals surface area contributed by atoms with Crippen molar-refractivity contribution >= 4 is 17.2 Å². The quantitative estimate of drug-likeness (QED) is 0.766. The lowest BCUT2D eigenvalue weighted by Crippen LogP contribution is -2.29. The molecule has 76 valence electrons. The van der Waals surface area contributed by atoms with E-state index in [1.165, 1.54) is 18.5 Å². The molecule has 0 saturated heterocycles. The highest BCUT2D eigenvalue weighted by Crippen LogP contribution is 2.40. The summed E-state index contributed by atoms with van der Waals surface area (Å²) in [5, 5.41) is 5.76. The molecule has 3 N–H and O–H groups in total. The molecule has 0 unspecified atom stereocenters. The molecule has 0 aromatic carbocycles. The van der Waals surface area contributed by atoms with Crippen LogP contribution in [0.3, 0.4) is 0 Å². The van der Waals surface area contributed by atoms with E-state index in [4.69, 9.17) is 5.73 Å². The van der Waals surface area contributed by atoms with Crippen LogP contribution < -0.4 is 11.1 Å². The Bertz CT molecular complexity index is 333. The summed E-state index contributed by atoms with van der Waals surface area (Å²) in [4.78, 5) is 15.3. The first-order valence-electron chi connectivity index (χ1n) is 4.70. The Hall–Kier alpha value is -0.940. The zero-order chi connectivity index (χ0) is 9.97. The van der Waals surface area contributed by atoms with Crippen LogP contribution in [-0.2, 0) is 11.3 Å². The van der Waals surface area contributed by atoms with E-state index in [1.54, 1.807) is 11.3 Å². The van der Waals surface area contributed by atoms with Crippen LogP contribution in [0.4, 0.5) is 0 Å². The van der Waals surface area contributed by atoms with Gasteiger partial charge in [-0.2, -0.15) is 0 Å². The molecule has 0 radical (unpaired) electrons. The molecule has 0 spiro atoms. The van der Waals surface area contributed by atoms with E-state index in [9.17, 15) is 4.79 Å². The molecule has 2 rings (SSSR count). The monoisotopic (exact) mass is 211 g/mol. The molecule has 0 aliphatic heterocycles. The number of hydrogen-bond acceptors (Lipinski definition) is 4. The number of thiazole rings is 1. The SMILES string of the molecule is NCC(=O)NCc1nc(C2CC2)cs1. The van der Waals surface area contributed by atoms with Crippen LogP contribution in [0.2, 0.25) is 0 Å². The summed E-state index contributed by atoms with van der Waals surface area (Å²) in [6.07, 6.45) is 2.52. The largest absolute Gasteiger partial charge is 0.348 e. The Kier molecular flexibility index (Phi) is 2.79. The zero-order valence-electron chi connectivity index (χ0n) is 7.82. The average Bonchev–Trinajstić information content (AvgIpc) is 2.95.